The van der Waals surface area contributed by atoms with Crippen LogP contribution in [0.15, 0.2) is 41.3 Å². The number of nitrogens with zero attached hydrogens (tertiary/aromatic N) is 1. The average molecular weight is 461 g/mol. The van der Waals surface area contributed by atoms with Crippen LogP contribution in [0.5, 0.6) is 0 Å². The summed E-state index contributed by atoms with van der Waals surface area (Å²) in [6.45, 7) is 4.45. The number of rotatable bonds is 4. The SMILES string of the molecule is C[C@@H]1[C@H](C)CCC[C@@H]1NC(=O)c1ccc2c(c1)N(Cc1c(F)cccc1Cl)C(=O)CS2. The zero-order chi connectivity index (χ0) is 22.1. The summed E-state index contributed by atoms with van der Waals surface area (Å²) in [5.41, 5.74) is 1.40. The van der Waals surface area contributed by atoms with Crippen molar-refractivity contribution in [3.05, 3.63) is 58.4 Å². The van der Waals surface area contributed by atoms with Crippen molar-refractivity contribution in [3.8, 4) is 0 Å². The Balaban J connectivity index is 1.60. The number of thioether (sulfide) groups is 1. The zero-order valence-electron chi connectivity index (χ0n) is 17.7. The van der Waals surface area contributed by atoms with Crippen molar-refractivity contribution in [2.24, 2.45) is 11.8 Å². The minimum Gasteiger partial charge on any atom is -0.349 e. The van der Waals surface area contributed by atoms with Crippen LogP contribution in [0.1, 0.15) is 49.0 Å². The maximum Gasteiger partial charge on any atom is 0.251 e. The van der Waals surface area contributed by atoms with Gasteiger partial charge in [-0.15, -0.1) is 11.8 Å². The second kappa shape index (κ2) is 9.21. The van der Waals surface area contributed by atoms with Crippen molar-refractivity contribution in [1.82, 2.24) is 5.32 Å². The lowest BCUT2D eigenvalue weighted by atomic mass is 9.78. The molecule has 0 unspecified atom stereocenters. The summed E-state index contributed by atoms with van der Waals surface area (Å²) >= 11 is 7.62. The van der Waals surface area contributed by atoms with Gasteiger partial charge in [0.2, 0.25) is 5.91 Å². The van der Waals surface area contributed by atoms with Crippen LogP contribution >= 0.6 is 23.4 Å². The monoisotopic (exact) mass is 460 g/mol. The molecule has 2 aromatic rings. The molecule has 2 aliphatic rings. The van der Waals surface area contributed by atoms with E-state index in [0.29, 0.717) is 23.1 Å². The lowest BCUT2D eigenvalue weighted by Crippen LogP contribution is -2.43. The summed E-state index contributed by atoms with van der Waals surface area (Å²) in [5.74, 6) is 0.547. The van der Waals surface area contributed by atoms with Crippen LogP contribution in [0.2, 0.25) is 5.02 Å². The Bertz CT molecular complexity index is 995. The molecule has 1 aliphatic carbocycles. The molecule has 1 N–H and O–H groups in total. The largest absolute Gasteiger partial charge is 0.349 e. The van der Waals surface area contributed by atoms with Crippen molar-refractivity contribution < 1.29 is 14.0 Å². The highest BCUT2D eigenvalue weighted by Crippen LogP contribution is 2.38. The van der Waals surface area contributed by atoms with Gasteiger partial charge in [-0.3, -0.25) is 9.59 Å². The molecule has 164 valence electrons. The van der Waals surface area contributed by atoms with E-state index < -0.39 is 5.82 Å². The Morgan fingerprint density at radius 1 is 1.26 bits per heavy atom. The summed E-state index contributed by atoms with van der Waals surface area (Å²) in [5, 5.41) is 3.47. The van der Waals surface area contributed by atoms with E-state index in [2.05, 4.69) is 19.2 Å². The predicted molar refractivity (Wildman–Crippen MR) is 123 cm³/mol. The minimum absolute atomic E-state index is 0.0279. The van der Waals surface area contributed by atoms with Crippen LogP contribution in [0, 0.1) is 17.7 Å². The molecule has 0 aromatic heterocycles. The Labute approximate surface area is 191 Å². The molecule has 1 heterocycles. The molecule has 2 amide bonds. The smallest absolute Gasteiger partial charge is 0.251 e. The Hall–Kier alpha value is -2.05. The fourth-order valence-electron chi connectivity index (χ4n) is 4.40. The minimum atomic E-state index is -0.450. The predicted octanol–water partition coefficient (Wildman–Crippen LogP) is 5.67. The molecule has 0 radical (unpaired) electrons. The van der Waals surface area contributed by atoms with E-state index in [9.17, 15) is 14.0 Å². The van der Waals surface area contributed by atoms with E-state index in [1.54, 1.807) is 24.3 Å². The van der Waals surface area contributed by atoms with Crippen molar-refractivity contribution in [1.29, 1.82) is 0 Å². The third-order valence-electron chi connectivity index (χ3n) is 6.57. The van der Waals surface area contributed by atoms with Crippen molar-refractivity contribution >= 4 is 40.9 Å². The van der Waals surface area contributed by atoms with Gasteiger partial charge in [-0.05, 0) is 48.6 Å². The lowest BCUT2D eigenvalue weighted by Gasteiger charge is -2.34. The van der Waals surface area contributed by atoms with Crippen LogP contribution in [0.25, 0.3) is 0 Å². The second-order valence-corrected chi connectivity index (χ2v) is 9.92. The molecule has 31 heavy (non-hydrogen) atoms. The Morgan fingerprint density at radius 3 is 2.84 bits per heavy atom. The molecule has 7 heteroatoms. The number of fused-ring (bicyclic) bond motifs is 1. The van der Waals surface area contributed by atoms with Gasteiger partial charge in [-0.2, -0.15) is 0 Å². The number of anilines is 1. The van der Waals surface area contributed by atoms with Gasteiger partial charge in [-0.25, -0.2) is 4.39 Å². The number of carbonyl (C=O) groups excluding carboxylic acids is 2. The first-order chi connectivity index (χ1) is 14.8. The summed E-state index contributed by atoms with van der Waals surface area (Å²) in [4.78, 5) is 28.1. The standard InChI is InChI=1S/C24H26ClFN2O2S/c1-14-5-3-8-20(15(14)2)27-24(30)16-9-10-22-21(11-16)28(23(29)13-31-22)12-17-18(25)6-4-7-19(17)26/h4,6-7,9-11,14-15,20H,3,5,8,12-13H2,1-2H3,(H,27,30)/t14-,15-,20+/m1/s1. The molecule has 2 aromatic carbocycles. The molecule has 0 bridgehead atoms. The molecule has 1 aliphatic heterocycles. The first-order valence-corrected chi connectivity index (χ1v) is 12.0. The first kappa shape index (κ1) is 22.2. The average Bonchev–Trinajstić information content (AvgIpc) is 2.75. The van der Waals surface area contributed by atoms with Gasteiger partial charge >= 0.3 is 0 Å². The molecule has 0 saturated heterocycles. The highest BCUT2D eigenvalue weighted by Gasteiger charge is 2.30. The molecule has 3 atom stereocenters. The van der Waals surface area contributed by atoms with Gasteiger partial charge in [0.05, 0.1) is 18.0 Å². The third kappa shape index (κ3) is 4.60. The Kier molecular flexibility index (Phi) is 6.58. The second-order valence-electron chi connectivity index (χ2n) is 8.50. The van der Waals surface area contributed by atoms with Crippen LogP contribution in [-0.2, 0) is 11.3 Å². The van der Waals surface area contributed by atoms with E-state index in [4.69, 9.17) is 11.6 Å². The van der Waals surface area contributed by atoms with E-state index >= 15 is 0 Å². The van der Waals surface area contributed by atoms with Crippen LogP contribution in [0.4, 0.5) is 10.1 Å². The summed E-state index contributed by atoms with van der Waals surface area (Å²) in [7, 11) is 0. The topological polar surface area (TPSA) is 49.4 Å². The van der Waals surface area contributed by atoms with Crippen LogP contribution in [-0.4, -0.2) is 23.6 Å². The molecule has 4 nitrogen and oxygen atoms in total. The first-order valence-electron chi connectivity index (χ1n) is 10.7. The Morgan fingerprint density at radius 2 is 2.06 bits per heavy atom. The highest BCUT2D eigenvalue weighted by atomic mass is 35.5. The van der Waals surface area contributed by atoms with Gasteiger partial charge in [0, 0.05) is 27.1 Å². The van der Waals surface area contributed by atoms with Crippen LogP contribution < -0.4 is 10.2 Å². The highest BCUT2D eigenvalue weighted by molar-refractivity contribution is 8.00. The number of hydrogen-bond acceptors (Lipinski definition) is 3. The zero-order valence-corrected chi connectivity index (χ0v) is 19.2. The lowest BCUT2D eigenvalue weighted by molar-refractivity contribution is -0.116. The van der Waals surface area contributed by atoms with Gasteiger partial charge in [0.15, 0.2) is 0 Å². The van der Waals surface area contributed by atoms with Gasteiger partial charge in [-0.1, -0.05) is 44.4 Å². The molecule has 1 fully saturated rings. The third-order valence-corrected chi connectivity index (χ3v) is 7.97. The molecule has 1 saturated carbocycles. The molecular formula is C24H26ClFN2O2S. The summed E-state index contributed by atoms with van der Waals surface area (Å²) < 4.78 is 14.4. The van der Waals surface area contributed by atoms with Gasteiger partial charge in [0.25, 0.3) is 5.91 Å². The number of benzene rings is 2. The fourth-order valence-corrected chi connectivity index (χ4v) is 5.53. The number of nitrogens with one attached hydrogen (secondary N) is 1. The van der Waals surface area contributed by atoms with E-state index in [0.717, 1.165) is 17.7 Å². The van der Waals surface area contributed by atoms with E-state index in [1.165, 1.54) is 29.1 Å². The van der Waals surface area contributed by atoms with Gasteiger partial charge in [0.1, 0.15) is 5.82 Å². The maximum absolute atomic E-state index is 14.4. The number of carbonyl (C=O) groups is 2. The number of hydrogen-bond donors (Lipinski definition) is 1. The van der Waals surface area contributed by atoms with Crippen molar-refractivity contribution in [3.63, 3.8) is 0 Å². The normalized spacial score (nSPS) is 23.4. The van der Waals surface area contributed by atoms with Crippen molar-refractivity contribution in [2.45, 2.75) is 50.6 Å². The summed E-state index contributed by atoms with van der Waals surface area (Å²) in [6.07, 6.45) is 3.29. The molecule has 0 spiro atoms. The summed E-state index contributed by atoms with van der Waals surface area (Å²) in [6, 6.07) is 10.0. The maximum atomic E-state index is 14.4. The molecule has 4 rings (SSSR count). The van der Waals surface area contributed by atoms with Crippen LogP contribution in [0.3, 0.4) is 0 Å². The fraction of sp³-hybridized carbons (Fsp3) is 0.417. The quantitative estimate of drug-likeness (QED) is 0.639. The molecular weight excluding hydrogens is 435 g/mol. The number of halogens is 2. The van der Waals surface area contributed by atoms with E-state index in [-0.39, 0.29) is 40.7 Å². The van der Waals surface area contributed by atoms with E-state index in [1.807, 2.05) is 6.07 Å². The van der Waals surface area contributed by atoms with Crippen molar-refractivity contribution in [2.75, 3.05) is 10.7 Å². The number of amides is 2. The van der Waals surface area contributed by atoms with Gasteiger partial charge < -0.3 is 10.2 Å².